The molecule has 2 atom stereocenters. The molecule has 0 aromatic heterocycles. The van der Waals surface area contributed by atoms with Crippen molar-refractivity contribution in [2.24, 2.45) is 0 Å². The molecule has 0 saturated carbocycles. The molecule has 0 bridgehead atoms. The van der Waals surface area contributed by atoms with Crippen LogP contribution in [0.2, 0.25) is 0 Å². The van der Waals surface area contributed by atoms with Crippen molar-refractivity contribution in [1.82, 2.24) is 10.2 Å². The van der Waals surface area contributed by atoms with Crippen LogP contribution in [0.5, 0.6) is 0 Å². The summed E-state index contributed by atoms with van der Waals surface area (Å²) < 4.78 is 5.23. The highest BCUT2D eigenvalue weighted by Gasteiger charge is 2.34. The van der Waals surface area contributed by atoms with Crippen LogP contribution in [0, 0.1) is 0 Å². The fourth-order valence-electron chi connectivity index (χ4n) is 3.13. The van der Waals surface area contributed by atoms with E-state index in [1.807, 2.05) is 20.8 Å². The van der Waals surface area contributed by atoms with Crippen LogP contribution in [0.4, 0.5) is 0 Å². The Bertz CT molecular complexity index is 296. The molecule has 2 unspecified atom stereocenters. The quantitative estimate of drug-likeness (QED) is 0.696. The summed E-state index contributed by atoms with van der Waals surface area (Å²) in [6.07, 6.45) is 5.95. The number of likely N-dealkylation sites (tertiary alicyclic amines) is 1. The first kappa shape index (κ1) is 17.4. The number of nitrogens with one attached hydrogen (secondary N) is 1. The lowest BCUT2D eigenvalue weighted by Gasteiger charge is -2.37. The van der Waals surface area contributed by atoms with Crippen LogP contribution >= 0.6 is 0 Å². The third-order valence-corrected chi connectivity index (χ3v) is 4.41. The van der Waals surface area contributed by atoms with E-state index in [-0.39, 0.29) is 5.97 Å². The van der Waals surface area contributed by atoms with E-state index in [9.17, 15) is 4.79 Å². The van der Waals surface area contributed by atoms with Crippen molar-refractivity contribution >= 4 is 5.97 Å². The molecule has 0 aromatic rings. The van der Waals surface area contributed by atoms with Crippen LogP contribution in [0.1, 0.15) is 59.8 Å². The van der Waals surface area contributed by atoms with Crippen molar-refractivity contribution in [1.29, 1.82) is 0 Å². The second kappa shape index (κ2) is 8.63. The van der Waals surface area contributed by atoms with Gasteiger partial charge in [0.05, 0.1) is 6.61 Å². The number of esters is 1. The normalized spacial score (nSPS) is 23.3. The van der Waals surface area contributed by atoms with E-state index in [0.717, 1.165) is 19.5 Å². The van der Waals surface area contributed by atoms with Gasteiger partial charge in [-0.2, -0.15) is 0 Å². The molecule has 4 nitrogen and oxygen atoms in total. The van der Waals surface area contributed by atoms with E-state index in [4.69, 9.17) is 4.74 Å². The van der Waals surface area contributed by atoms with E-state index in [1.165, 1.54) is 32.2 Å². The summed E-state index contributed by atoms with van der Waals surface area (Å²) in [4.78, 5) is 14.7. The third-order valence-electron chi connectivity index (χ3n) is 4.41. The first-order valence-corrected chi connectivity index (χ1v) is 8.23. The molecule has 0 spiro atoms. The van der Waals surface area contributed by atoms with Gasteiger partial charge in [0.25, 0.3) is 0 Å². The summed E-state index contributed by atoms with van der Waals surface area (Å²) in [5.74, 6) is -0.119. The van der Waals surface area contributed by atoms with Gasteiger partial charge in [-0.1, -0.05) is 20.3 Å². The number of hydrogen-bond donors (Lipinski definition) is 1. The number of piperidine rings is 1. The maximum absolute atomic E-state index is 12.2. The molecule has 0 amide bonds. The van der Waals surface area contributed by atoms with Crippen LogP contribution in [-0.4, -0.2) is 48.7 Å². The number of carbonyl (C=O) groups is 1. The van der Waals surface area contributed by atoms with Crippen LogP contribution in [0.15, 0.2) is 0 Å². The molecule has 1 rings (SSSR count). The van der Waals surface area contributed by atoms with Gasteiger partial charge in [0.2, 0.25) is 0 Å². The maximum Gasteiger partial charge on any atom is 0.326 e. The molecule has 1 N–H and O–H groups in total. The number of ether oxygens (including phenoxy) is 1. The summed E-state index contributed by atoms with van der Waals surface area (Å²) >= 11 is 0. The Labute approximate surface area is 124 Å². The molecule has 1 aliphatic rings. The van der Waals surface area contributed by atoms with E-state index in [1.54, 1.807) is 0 Å². The van der Waals surface area contributed by atoms with Gasteiger partial charge in [-0.05, 0) is 52.6 Å². The number of carbonyl (C=O) groups excluding carboxylic acids is 1. The Morgan fingerprint density at radius 3 is 2.70 bits per heavy atom. The first-order valence-electron chi connectivity index (χ1n) is 8.23. The molecule has 1 heterocycles. The van der Waals surface area contributed by atoms with E-state index >= 15 is 0 Å². The Morgan fingerprint density at radius 2 is 2.10 bits per heavy atom. The second-order valence-corrected chi connectivity index (χ2v) is 5.93. The lowest BCUT2D eigenvalue weighted by molar-refractivity contribution is -0.151. The van der Waals surface area contributed by atoms with Gasteiger partial charge in [0.1, 0.15) is 5.54 Å². The molecule has 0 radical (unpaired) electrons. The highest BCUT2D eigenvalue weighted by molar-refractivity contribution is 5.80. The molecule has 0 aromatic carbocycles. The van der Waals surface area contributed by atoms with Gasteiger partial charge < -0.3 is 15.0 Å². The summed E-state index contributed by atoms with van der Waals surface area (Å²) in [5.41, 5.74) is -0.555. The first-order chi connectivity index (χ1) is 9.57. The Balaban J connectivity index is 2.58. The van der Waals surface area contributed by atoms with Gasteiger partial charge in [-0.25, -0.2) is 0 Å². The van der Waals surface area contributed by atoms with Gasteiger partial charge in [-0.15, -0.1) is 0 Å². The minimum atomic E-state index is -0.555. The summed E-state index contributed by atoms with van der Waals surface area (Å²) in [5, 5.41) is 3.31. The molecule has 4 heteroatoms. The van der Waals surface area contributed by atoms with E-state index in [2.05, 4.69) is 17.1 Å². The maximum atomic E-state index is 12.2. The summed E-state index contributed by atoms with van der Waals surface area (Å²) in [7, 11) is 0. The molecule has 20 heavy (non-hydrogen) atoms. The number of hydrogen-bond acceptors (Lipinski definition) is 4. The average Bonchev–Trinajstić information content (AvgIpc) is 2.46. The van der Waals surface area contributed by atoms with Crippen molar-refractivity contribution in [2.45, 2.75) is 71.4 Å². The van der Waals surface area contributed by atoms with Crippen LogP contribution in [0.25, 0.3) is 0 Å². The standard InChI is InChI=1S/C16H32N2O2/c1-5-14-10-8-9-12-18(14)13-11-16(4,17-6-2)15(19)20-7-3/h14,17H,5-13H2,1-4H3. The zero-order valence-electron chi connectivity index (χ0n) is 13.7. The Morgan fingerprint density at radius 1 is 1.35 bits per heavy atom. The molecule has 1 saturated heterocycles. The van der Waals surface area contributed by atoms with E-state index < -0.39 is 5.54 Å². The predicted molar refractivity (Wildman–Crippen MR) is 82.8 cm³/mol. The highest BCUT2D eigenvalue weighted by atomic mass is 16.5. The number of nitrogens with zero attached hydrogens (tertiary/aromatic N) is 1. The van der Waals surface area contributed by atoms with Crippen molar-refractivity contribution < 1.29 is 9.53 Å². The smallest absolute Gasteiger partial charge is 0.326 e. The van der Waals surface area contributed by atoms with Crippen molar-refractivity contribution in [3.8, 4) is 0 Å². The lowest BCUT2D eigenvalue weighted by atomic mass is 9.94. The van der Waals surface area contributed by atoms with Gasteiger partial charge in [-0.3, -0.25) is 4.79 Å². The van der Waals surface area contributed by atoms with Crippen molar-refractivity contribution in [3.05, 3.63) is 0 Å². The van der Waals surface area contributed by atoms with Crippen LogP contribution < -0.4 is 5.32 Å². The second-order valence-electron chi connectivity index (χ2n) is 5.93. The molecule has 118 valence electrons. The largest absolute Gasteiger partial charge is 0.465 e. The van der Waals surface area contributed by atoms with Gasteiger partial charge in [0, 0.05) is 12.6 Å². The Hall–Kier alpha value is -0.610. The van der Waals surface area contributed by atoms with Crippen molar-refractivity contribution in [2.75, 3.05) is 26.2 Å². The summed E-state index contributed by atoms with van der Waals surface area (Å²) in [6.45, 7) is 11.5. The number of likely N-dealkylation sites (N-methyl/N-ethyl adjacent to an activating group) is 1. The minimum Gasteiger partial charge on any atom is -0.465 e. The predicted octanol–water partition coefficient (Wildman–Crippen LogP) is 2.57. The fourth-order valence-corrected chi connectivity index (χ4v) is 3.13. The lowest BCUT2D eigenvalue weighted by Crippen LogP contribution is -2.53. The SMILES string of the molecule is CCNC(C)(CCN1CCCCC1CC)C(=O)OCC. The average molecular weight is 284 g/mol. The highest BCUT2D eigenvalue weighted by Crippen LogP contribution is 2.22. The van der Waals surface area contributed by atoms with E-state index in [0.29, 0.717) is 12.6 Å². The molecular weight excluding hydrogens is 252 g/mol. The molecule has 1 fully saturated rings. The zero-order valence-corrected chi connectivity index (χ0v) is 13.7. The molecule has 1 aliphatic heterocycles. The van der Waals surface area contributed by atoms with Crippen LogP contribution in [-0.2, 0) is 9.53 Å². The number of rotatable bonds is 8. The minimum absolute atomic E-state index is 0.119. The molecule has 0 aliphatic carbocycles. The zero-order chi connectivity index (χ0) is 15.0. The van der Waals surface area contributed by atoms with Crippen molar-refractivity contribution in [3.63, 3.8) is 0 Å². The topological polar surface area (TPSA) is 41.6 Å². The summed E-state index contributed by atoms with van der Waals surface area (Å²) in [6, 6.07) is 0.692. The van der Waals surface area contributed by atoms with Crippen LogP contribution in [0.3, 0.4) is 0 Å². The Kier molecular flexibility index (Phi) is 7.52. The van der Waals surface area contributed by atoms with Gasteiger partial charge >= 0.3 is 5.97 Å². The monoisotopic (exact) mass is 284 g/mol. The fraction of sp³-hybridized carbons (Fsp3) is 0.938. The third kappa shape index (κ3) is 4.74. The van der Waals surface area contributed by atoms with Gasteiger partial charge in [0.15, 0.2) is 0 Å². The molecular formula is C16H32N2O2.